The predicted octanol–water partition coefficient (Wildman–Crippen LogP) is 1.01. The number of allylic oxidation sites excluding steroid dienone is 1. The van der Waals surface area contributed by atoms with Crippen molar-refractivity contribution in [2.45, 2.75) is 38.6 Å². The van der Waals surface area contributed by atoms with E-state index >= 15 is 0 Å². The average molecular weight is 155 g/mol. The zero-order chi connectivity index (χ0) is 8.06. The van der Waals surface area contributed by atoms with Gasteiger partial charge in [0.1, 0.15) is 12.5 Å². The average Bonchev–Trinajstić information content (AvgIpc) is 2.38. The van der Waals surface area contributed by atoms with Crippen molar-refractivity contribution < 1.29 is 9.84 Å². The van der Waals surface area contributed by atoms with Crippen LogP contribution in [0.2, 0.25) is 0 Å². The summed E-state index contributed by atoms with van der Waals surface area (Å²) < 4.78 is 5.38. The lowest BCUT2D eigenvalue weighted by Crippen LogP contribution is -2.43. The Hall–Kier alpha value is -0.700. The van der Waals surface area contributed by atoms with Crippen LogP contribution >= 0.6 is 0 Å². The molecule has 0 saturated carbocycles. The summed E-state index contributed by atoms with van der Waals surface area (Å²) in [4.78, 5) is 1.94. The van der Waals surface area contributed by atoms with Crippen molar-refractivity contribution in [2.75, 3.05) is 0 Å². The summed E-state index contributed by atoms with van der Waals surface area (Å²) in [7, 11) is 0. The molecule has 0 aliphatic carbocycles. The monoisotopic (exact) mass is 155 g/mol. The number of fused-ring (bicyclic) bond motifs is 1. The Bertz CT molecular complexity index is 210. The fraction of sp³-hybridized carbons (Fsp3) is 0.750. The minimum Gasteiger partial charge on any atom is -0.474 e. The standard InChI is InChI=1S/C8H13NO2/c1-8(2)9-6(5-11-8)3-4-7(9)10/h5,7,10H,3-4H2,1-2H3. The van der Waals surface area contributed by atoms with Gasteiger partial charge in [-0.3, -0.25) is 0 Å². The van der Waals surface area contributed by atoms with Crippen LogP contribution in [0.5, 0.6) is 0 Å². The van der Waals surface area contributed by atoms with E-state index in [1.54, 1.807) is 6.26 Å². The molecular weight excluding hydrogens is 142 g/mol. The summed E-state index contributed by atoms with van der Waals surface area (Å²) in [5, 5.41) is 9.54. The third kappa shape index (κ3) is 0.839. The number of ether oxygens (including phenoxy) is 1. The molecule has 1 saturated heterocycles. The minimum atomic E-state index is -0.348. The first-order valence-electron chi connectivity index (χ1n) is 3.95. The number of nitrogens with zero attached hydrogens (tertiary/aromatic N) is 1. The van der Waals surface area contributed by atoms with E-state index in [0.717, 1.165) is 18.5 Å². The van der Waals surface area contributed by atoms with Crippen LogP contribution in [0.1, 0.15) is 26.7 Å². The largest absolute Gasteiger partial charge is 0.474 e. The maximum Gasteiger partial charge on any atom is 0.178 e. The molecule has 1 atom stereocenters. The third-order valence-corrected chi connectivity index (χ3v) is 2.33. The first kappa shape index (κ1) is 6.98. The molecule has 0 amide bonds. The highest BCUT2D eigenvalue weighted by Gasteiger charge is 2.42. The van der Waals surface area contributed by atoms with Crippen molar-refractivity contribution in [2.24, 2.45) is 0 Å². The summed E-state index contributed by atoms with van der Waals surface area (Å²) in [5.74, 6) is 0. The smallest absolute Gasteiger partial charge is 0.178 e. The molecule has 0 bridgehead atoms. The van der Waals surface area contributed by atoms with Gasteiger partial charge in [-0.25, -0.2) is 0 Å². The van der Waals surface area contributed by atoms with Crippen LogP contribution in [0.4, 0.5) is 0 Å². The molecule has 62 valence electrons. The molecule has 0 aromatic rings. The molecule has 0 spiro atoms. The minimum absolute atomic E-state index is 0.342. The molecular formula is C8H13NO2. The van der Waals surface area contributed by atoms with Gasteiger partial charge in [0.25, 0.3) is 0 Å². The van der Waals surface area contributed by atoms with Crippen molar-refractivity contribution in [3.8, 4) is 0 Å². The van der Waals surface area contributed by atoms with E-state index in [2.05, 4.69) is 0 Å². The Labute approximate surface area is 66.3 Å². The lowest BCUT2D eigenvalue weighted by atomic mass is 10.3. The summed E-state index contributed by atoms with van der Waals surface area (Å²) in [5.41, 5.74) is 0.785. The molecule has 2 aliphatic rings. The van der Waals surface area contributed by atoms with Crippen molar-refractivity contribution in [3.63, 3.8) is 0 Å². The normalized spacial score (nSPS) is 33.2. The first-order valence-corrected chi connectivity index (χ1v) is 3.95. The molecule has 3 heteroatoms. The topological polar surface area (TPSA) is 32.7 Å². The van der Waals surface area contributed by atoms with Crippen LogP contribution in [-0.2, 0) is 4.74 Å². The number of aliphatic hydroxyl groups excluding tert-OH is 1. The van der Waals surface area contributed by atoms with Gasteiger partial charge in [-0.15, -0.1) is 0 Å². The number of rotatable bonds is 0. The molecule has 0 aromatic carbocycles. The third-order valence-electron chi connectivity index (χ3n) is 2.33. The second-order valence-corrected chi connectivity index (χ2v) is 3.56. The zero-order valence-electron chi connectivity index (χ0n) is 6.87. The van der Waals surface area contributed by atoms with Crippen molar-refractivity contribution in [3.05, 3.63) is 12.0 Å². The number of hydrogen-bond acceptors (Lipinski definition) is 3. The predicted molar refractivity (Wildman–Crippen MR) is 40.3 cm³/mol. The maximum absolute atomic E-state index is 9.54. The lowest BCUT2D eigenvalue weighted by Gasteiger charge is -2.33. The maximum atomic E-state index is 9.54. The Balaban J connectivity index is 2.28. The molecule has 11 heavy (non-hydrogen) atoms. The van der Waals surface area contributed by atoms with Crippen LogP contribution < -0.4 is 0 Å². The molecule has 2 aliphatic heterocycles. The van der Waals surface area contributed by atoms with Gasteiger partial charge in [-0.2, -0.15) is 0 Å². The van der Waals surface area contributed by atoms with E-state index in [9.17, 15) is 5.11 Å². The molecule has 1 fully saturated rings. The second-order valence-electron chi connectivity index (χ2n) is 3.56. The summed E-state index contributed by atoms with van der Waals surface area (Å²) >= 11 is 0. The highest BCUT2D eigenvalue weighted by molar-refractivity contribution is 5.12. The van der Waals surface area contributed by atoms with Gasteiger partial charge in [-0.05, 0) is 26.7 Å². The SMILES string of the molecule is CC1(C)OC=C2CCC(O)N21. The van der Waals surface area contributed by atoms with E-state index in [1.165, 1.54) is 0 Å². The number of aliphatic hydroxyl groups is 1. The van der Waals surface area contributed by atoms with Gasteiger partial charge in [0.15, 0.2) is 5.72 Å². The van der Waals surface area contributed by atoms with Crippen LogP contribution in [-0.4, -0.2) is 22.0 Å². The summed E-state index contributed by atoms with van der Waals surface area (Å²) in [6.45, 7) is 3.93. The van der Waals surface area contributed by atoms with E-state index in [-0.39, 0.29) is 12.0 Å². The van der Waals surface area contributed by atoms with Gasteiger partial charge in [0, 0.05) is 0 Å². The molecule has 0 radical (unpaired) electrons. The highest BCUT2D eigenvalue weighted by Crippen LogP contribution is 2.38. The Kier molecular flexibility index (Phi) is 1.21. The molecule has 2 heterocycles. The summed E-state index contributed by atoms with van der Waals surface area (Å²) in [6.07, 6.45) is 3.18. The van der Waals surface area contributed by atoms with Crippen molar-refractivity contribution in [1.82, 2.24) is 4.90 Å². The Morgan fingerprint density at radius 3 is 3.09 bits per heavy atom. The number of hydrogen-bond donors (Lipinski definition) is 1. The Morgan fingerprint density at radius 1 is 1.73 bits per heavy atom. The van der Waals surface area contributed by atoms with Crippen LogP contribution in [0.15, 0.2) is 12.0 Å². The van der Waals surface area contributed by atoms with E-state index < -0.39 is 0 Å². The van der Waals surface area contributed by atoms with Gasteiger partial charge < -0.3 is 14.7 Å². The lowest BCUT2D eigenvalue weighted by molar-refractivity contribution is -0.101. The quantitative estimate of drug-likeness (QED) is 0.566. The van der Waals surface area contributed by atoms with Crippen LogP contribution in [0.3, 0.4) is 0 Å². The van der Waals surface area contributed by atoms with Gasteiger partial charge in [0.05, 0.1) is 5.70 Å². The first-order chi connectivity index (χ1) is 5.11. The molecule has 0 aromatic heterocycles. The van der Waals surface area contributed by atoms with E-state index in [1.807, 2.05) is 18.7 Å². The van der Waals surface area contributed by atoms with Crippen LogP contribution in [0, 0.1) is 0 Å². The van der Waals surface area contributed by atoms with E-state index in [0.29, 0.717) is 0 Å². The molecule has 1 unspecified atom stereocenters. The second kappa shape index (κ2) is 1.91. The molecule has 2 rings (SSSR count). The molecule has 1 N–H and O–H groups in total. The zero-order valence-corrected chi connectivity index (χ0v) is 6.87. The highest BCUT2D eigenvalue weighted by atomic mass is 16.5. The fourth-order valence-electron chi connectivity index (χ4n) is 1.81. The van der Waals surface area contributed by atoms with Crippen LogP contribution in [0.25, 0.3) is 0 Å². The van der Waals surface area contributed by atoms with E-state index in [4.69, 9.17) is 4.74 Å². The van der Waals surface area contributed by atoms with Crippen molar-refractivity contribution >= 4 is 0 Å². The van der Waals surface area contributed by atoms with Crippen molar-refractivity contribution in [1.29, 1.82) is 0 Å². The fourth-order valence-corrected chi connectivity index (χ4v) is 1.81. The van der Waals surface area contributed by atoms with Gasteiger partial charge in [0.2, 0.25) is 0 Å². The Morgan fingerprint density at radius 2 is 2.45 bits per heavy atom. The summed E-state index contributed by atoms with van der Waals surface area (Å²) in [6, 6.07) is 0. The van der Waals surface area contributed by atoms with Gasteiger partial charge in [-0.1, -0.05) is 0 Å². The molecule has 3 nitrogen and oxygen atoms in total. The van der Waals surface area contributed by atoms with Gasteiger partial charge >= 0.3 is 0 Å².